The van der Waals surface area contributed by atoms with Crippen LogP contribution in [0, 0.1) is 0 Å². The number of rotatable bonds is 3. The number of pyridine rings is 1. The molecule has 0 radical (unpaired) electrons. The van der Waals surface area contributed by atoms with E-state index in [0.717, 1.165) is 5.56 Å². The Bertz CT molecular complexity index is 844. The van der Waals surface area contributed by atoms with Gasteiger partial charge in [-0.3, -0.25) is 9.59 Å². The summed E-state index contributed by atoms with van der Waals surface area (Å²) in [6, 6.07) is 10.1. The summed E-state index contributed by atoms with van der Waals surface area (Å²) in [6.07, 6.45) is 1.52. The van der Waals surface area contributed by atoms with Crippen LogP contribution in [-0.2, 0) is 4.79 Å². The average molecular weight is 296 g/mol. The highest BCUT2D eigenvalue weighted by Crippen LogP contribution is 2.22. The van der Waals surface area contributed by atoms with Crippen LogP contribution in [0.5, 0.6) is 0 Å². The zero-order valence-electron chi connectivity index (χ0n) is 11.7. The molecule has 0 fully saturated rings. The van der Waals surface area contributed by atoms with Crippen LogP contribution in [0.4, 0.5) is 5.69 Å². The summed E-state index contributed by atoms with van der Waals surface area (Å²) in [5.41, 5.74) is 1.89. The number of carbonyl (C=O) groups excluding carboxylic acids is 1. The van der Waals surface area contributed by atoms with Crippen molar-refractivity contribution in [2.75, 3.05) is 5.32 Å². The summed E-state index contributed by atoms with van der Waals surface area (Å²) in [4.78, 5) is 28.9. The first-order valence-electron chi connectivity index (χ1n) is 6.53. The van der Waals surface area contributed by atoms with Crippen molar-refractivity contribution in [2.24, 2.45) is 0 Å². The highest BCUT2D eigenvalue weighted by Gasteiger charge is 2.10. The van der Waals surface area contributed by atoms with Gasteiger partial charge in [-0.1, -0.05) is 5.16 Å². The third kappa shape index (κ3) is 2.93. The maximum absolute atomic E-state index is 11.0. The zero-order chi connectivity index (χ0) is 15.5. The van der Waals surface area contributed by atoms with Gasteiger partial charge in [0.1, 0.15) is 0 Å². The van der Waals surface area contributed by atoms with Crippen molar-refractivity contribution in [1.29, 1.82) is 0 Å². The number of amides is 1. The third-order valence-electron chi connectivity index (χ3n) is 2.92. The molecule has 0 bridgehead atoms. The first-order valence-corrected chi connectivity index (χ1v) is 6.53. The van der Waals surface area contributed by atoms with Gasteiger partial charge in [0.25, 0.3) is 5.89 Å². The van der Waals surface area contributed by atoms with E-state index >= 15 is 0 Å². The molecule has 2 N–H and O–H groups in total. The van der Waals surface area contributed by atoms with Crippen LogP contribution in [0.1, 0.15) is 6.92 Å². The number of nitrogens with one attached hydrogen (secondary N) is 2. The lowest BCUT2D eigenvalue weighted by Gasteiger charge is -2.01. The second kappa shape index (κ2) is 5.65. The Labute approximate surface area is 125 Å². The molecule has 0 spiro atoms. The van der Waals surface area contributed by atoms with Crippen LogP contribution in [0.25, 0.3) is 22.8 Å². The molecule has 0 unspecified atom stereocenters. The Morgan fingerprint density at radius 2 is 1.86 bits per heavy atom. The van der Waals surface area contributed by atoms with Gasteiger partial charge in [-0.05, 0) is 30.3 Å². The first kappa shape index (κ1) is 13.7. The lowest BCUT2D eigenvalue weighted by atomic mass is 10.2. The fourth-order valence-corrected chi connectivity index (χ4v) is 1.91. The zero-order valence-corrected chi connectivity index (χ0v) is 11.7. The molecule has 1 amide bonds. The number of hydrogen-bond donors (Lipinski definition) is 2. The average Bonchev–Trinajstić information content (AvgIpc) is 2.98. The molecule has 7 heteroatoms. The lowest BCUT2D eigenvalue weighted by molar-refractivity contribution is -0.114. The minimum atomic E-state index is -0.193. The maximum Gasteiger partial charge on any atom is 0.258 e. The number of benzene rings is 1. The predicted octanol–water partition coefficient (Wildman–Crippen LogP) is 2.05. The van der Waals surface area contributed by atoms with Gasteiger partial charge in [0.15, 0.2) is 0 Å². The molecule has 0 saturated carbocycles. The molecule has 0 aliphatic carbocycles. The standard InChI is InChI=1S/C15H12N4O3/c1-9(20)17-12-5-2-10(3-6-12)15-18-14(19-22-15)11-4-7-13(21)16-8-11/h2-8H,1H3,(H,16,21)(H,17,20). The molecule has 0 saturated heterocycles. The van der Waals surface area contributed by atoms with Crippen molar-refractivity contribution in [3.8, 4) is 22.8 Å². The quantitative estimate of drug-likeness (QED) is 0.770. The van der Waals surface area contributed by atoms with E-state index < -0.39 is 0 Å². The Morgan fingerprint density at radius 1 is 1.14 bits per heavy atom. The van der Waals surface area contributed by atoms with Gasteiger partial charge in [0, 0.05) is 36.0 Å². The largest absolute Gasteiger partial charge is 0.334 e. The first-order chi connectivity index (χ1) is 10.6. The van der Waals surface area contributed by atoms with E-state index in [1.165, 1.54) is 19.2 Å². The second-order valence-electron chi connectivity index (χ2n) is 4.62. The molecule has 3 rings (SSSR count). The van der Waals surface area contributed by atoms with E-state index in [1.807, 2.05) is 0 Å². The number of anilines is 1. The van der Waals surface area contributed by atoms with Crippen molar-refractivity contribution in [1.82, 2.24) is 15.1 Å². The molecule has 0 aliphatic rings. The van der Waals surface area contributed by atoms with E-state index in [2.05, 4.69) is 20.4 Å². The van der Waals surface area contributed by atoms with Crippen LogP contribution in [0.2, 0.25) is 0 Å². The fraction of sp³-hybridized carbons (Fsp3) is 0.0667. The van der Waals surface area contributed by atoms with Gasteiger partial charge in [-0.2, -0.15) is 4.98 Å². The fourth-order valence-electron chi connectivity index (χ4n) is 1.91. The molecule has 2 heterocycles. The van der Waals surface area contributed by atoms with Crippen molar-refractivity contribution < 1.29 is 9.32 Å². The third-order valence-corrected chi connectivity index (χ3v) is 2.92. The van der Waals surface area contributed by atoms with Gasteiger partial charge < -0.3 is 14.8 Å². The number of hydrogen-bond acceptors (Lipinski definition) is 5. The molecule has 1 aromatic carbocycles. The van der Waals surface area contributed by atoms with Gasteiger partial charge in [-0.25, -0.2) is 0 Å². The molecule has 0 aliphatic heterocycles. The Kier molecular flexibility index (Phi) is 3.53. The lowest BCUT2D eigenvalue weighted by Crippen LogP contribution is -2.05. The summed E-state index contributed by atoms with van der Waals surface area (Å²) >= 11 is 0. The predicted molar refractivity (Wildman–Crippen MR) is 80.1 cm³/mol. The summed E-state index contributed by atoms with van der Waals surface area (Å²) < 4.78 is 5.22. The van der Waals surface area contributed by atoms with Crippen LogP contribution >= 0.6 is 0 Å². The summed E-state index contributed by atoms with van der Waals surface area (Å²) in [6.45, 7) is 1.45. The molecule has 110 valence electrons. The smallest absolute Gasteiger partial charge is 0.258 e. The minimum absolute atomic E-state index is 0.133. The molecule has 7 nitrogen and oxygen atoms in total. The normalized spacial score (nSPS) is 10.4. The molecule has 22 heavy (non-hydrogen) atoms. The Balaban J connectivity index is 1.85. The Hall–Kier alpha value is -3.22. The molecular formula is C15H12N4O3. The van der Waals surface area contributed by atoms with Crippen LogP contribution < -0.4 is 10.9 Å². The van der Waals surface area contributed by atoms with Crippen LogP contribution in [0.15, 0.2) is 51.9 Å². The summed E-state index contributed by atoms with van der Waals surface area (Å²) in [5, 5.41) is 6.57. The number of aromatic amines is 1. The number of H-pyrrole nitrogens is 1. The Morgan fingerprint density at radius 3 is 2.50 bits per heavy atom. The summed E-state index contributed by atoms with van der Waals surface area (Å²) in [7, 11) is 0. The van der Waals surface area contributed by atoms with Crippen molar-refractivity contribution in [2.45, 2.75) is 6.92 Å². The van der Waals surface area contributed by atoms with E-state index in [9.17, 15) is 9.59 Å². The number of aromatic nitrogens is 3. The topological polar surface area (TPSA) is 101 Å². The highest BCUT2D eigenvalue weighted by molar-refractivity contribution is 5.88. The van der Waals surface area contributed by atoms with Gasteiger partial charge in [0.2, 0.25) is 17.3 Å². The van der Waals surface area contributed by atoms with Gasteiger partial charge >= 0.3 is 0 Å². The summed E-state index contributed by atoms with van der Waals surface area (Å²) in [5.74, 6) is 0.610. The molecule has 3 aromatic rings. The highest BCUT2D eigenvalue weighted by atomic mass is 16.5. The van der Waals surface area contributed by atoms with E-state index in [4.69, 9.17) is 4.52 Å². The van der Waals surface area contributed by atoms with Crippen molar-refractivity contribution >= 4 is 11.6 Å². The van der Waals surface area contributed by atoms with E-state index in [1.54, 1.807) is 30.3 Å². The SMILES string of the molecule is CC(=O)Nc1ccc(-c2nc(-c3ccc(=O)[nH]c3)no2)cc1. The number of carbonyl (C=O) groups is 1. The van der Waals surface area contributed by atoms with Crippen molar-refractivity contribution in [3.63, 3.8) is 0 Å². The molecule has 2 aromatic heterocycles. The monoisotopic (exact) mass is 296 g/mol. The van der Waals surface area contributed by atoms with Gasteiger partial charge in [0.05, 0.1) is 0 Å². The van der Waals surface area contributed by atoms with E-state index in [0.29, 0.717) is 23.0 Å². The molecular weight excluding hydrogens is 284 g/mol. The van der Waals surface area contributed by atoms with Crippen LogP contribution in [0.3, 0.4) is 0 Å². The van der Waals surface area contributed by atoms with E-state index in [-0.39, 0.29) is 11.5 Å². The number of nitrogens with zero attached hydrogens (tertiary/aromatic N) is 2. The van der Waals surface area contributed by atoms with Gasteiger partial charge in [-0.15, -0.1) is 0 Å². The second-order valence-corrected chi connectivity index (χ2v) is 4.62. The van der Waals surface area contributed by atoms with Crippen LogP contribution in [-0.4, -0.2) is 21.0 Å². The molecule has 0 atom stereocenters. The van der Waals surface area contributed by atoms with Crippen molar-refractivity contribution in [3.05, 3.63) is 52.9 Å². The minimum Gasteiger partial charge on any atom is -0.334 e. The maximum atomic E-state index is 11.0.